The number of carbonyl (C=O) groups excluding carboxylic acids is 1. The molecule has 120 valence electrons. The van der Waals surface area contributed by atoms with E-state index in [0.29, 0.717) is 10.2 Å². The maximum atomic E-state index is 12.6. The number of rotatable bonds is 4. The van der Waals surface area contributed by atoms with E-state index in [2.05, 4.69) is 15.2 Å². The zero-order chi connectivity index (χ0) is 16.6. The molecule has 0 aliphatic rings. The topological polar surface area (TPSA) is 89.6 Å². The number of alkyl halides is 3. The van der Waals surface area contributed by atoms with Crippen LogP contribution in [0.5, 0.6) is 0 Å². The van der Waals surface area contributed by atoms with Crippen molar-refractivity contribution in [2.75, 3.05) is 11.6 Å². The molecule has 0 saturated heterocycles. The Balaban J connectivity index is 1.76. The molecule has 0 radical (unpaired) electrons. The highest BCUT2D eigenvalue weighted by Gasteiger charge is 2.38. The molecule has 1 aromatic carbocycles. The van der Waals surface area contributed by atoms with E-state index < -0.39 is 12.0 Å². The van der Waals surface area contributed by atoms with Crippen molar-refractivity contribution in [1.82, 2.24) is 19.9 Å². The molecule has 3 aromatic rings. The Morgan fingerprint density at radius 1 is 1.30 bits per heavy atom. The Morgan fingerprint density at radius 3 is 2.74 bits per heavy atom. The van der Waals surface area contributed by atoms with Crippen molar-refractivity contribution < 1.29 is 18.0 Å². The third-order valence-electron chi connectivity index (χ3n) is 3.14. The van der Waals surface area contributed by atoms with Crippen LogP contribution in [0, 0.1) is 0 Å². The van der Waals surface area contributed by atoms with Gasteiger partial charge in [0.2, 0.25) is 5.16 Å². The molecular weight excluding hydrogens is 331 g/mol. The number of nitrogens with two attached hydrogens (primary N) is 1. The molecule has 10 heteroatoms. The van der Waals surface area contributed by atoms with Crippen molar-refractivity contribution in [3.05, 3.63) is 41.9 Å². The second-order valence-electron chi connectivity index (χ2n) is 4.63. The molecule has 23 heavy (non-hydrogen) atoms. The van der Waals surface area contributed by atoms with Crippen LogP contribution in [0.3, 0.4) is 0 Å². The number of carbonyl (C=O) groups is 1. The number of thioether (sulfide) groups is 1. The molecular formula is C13H10F3N5OS. The highest BCUT2D eigenvalue weighted by atomic mass is 32.2. The predicted molar refractivity (Wildman–Crippen MR) is 78.5 cm³/mol. The fourth-order valence-corrected chi connectivity index (χ4v) is 2.82. The van der Waals surface area contributed by atoms with Gasteiger partial charge in [-0.2, -0.15) is 13.2 Å². The van der Waals surface area contributed by atoms with Gasteiger partial charge in [-0.25, -0.2) is 4.68 Å². The maximum Gasteiger partial charge on any atom is 0.453 e. The minimum absolute atomic E-state index is 0.102. The van der Waals surface area contributed by atoms with Crippen LogP contribution >= 0.6 is 11.8 Å². The number of halogens is 3. The lowest BCUT2D eigenvalue weighted by molar-refractivity contribution is -0.146. The van der Waals surface area contributed by atoms with Crippen molar-refractivity contribution in [2.24, 2.45) is 0 Å². The number of hydrogen-bond donors (Lipinski definition) is 2. The third-order valence-corrected chi connectivity index (χ3v) is 4.08. The van der Waals surface area contributed by atoms with Gasteiger partial charge in [0.15, 0.2) is 5.78 Å². The molecule has 0 bridgehead atoms. The van der Waals surface area contributed by atoms with Crippen LogP contribution in [0.15, 0.2) is 35.6 Å². The molecule has 0 fully saturated rings. The summed E-state index contributed by atoms with van der Waals surface area (Å²) in [5, 5.41) is 6.95. The summed E-state index contributed by atoms with van der Waals surface area (Å²) < 4.78 is 38.1. The normalized spacial score (nSPS) is 12.0. The highest BCUT2D eigenvalue weighted by Crippen LogP contribution is 2.29. The first kappa shape index (κ1) is 15.4. The highest BCUT2D eigenvalue weighted by molar-refractivity contribution is 7.99. The van der Waals surface area contributed by atoms with Crippen LogP contribution in [-0.2, 0) is 6.18 Å². The molecule has 0 aliphatic carbocycles. The van der Waals surface area contributed by atoms with Gasteiger partial charge in [-0.15, -0.1) is 10.2 Å². The van der Waals surface area contributed by atoms with Gasteiger partial charge in [0.25, 0.3) is 5.82 Å². The minimum Gasteiger partial charge on any atom is -0.360 e. The Labute approximate surface area is 131 Å². The molecule has 0 aliphatic heterocycles. The summed E-state index contributed by atoms with van der Waals surface area (Å²) in [5.74, 6) is 3.66. The summed E-state index contributed by atoms with van der Waals surface area (Å²) in [6.45, 7) is 0. The molecule has 2 heterocycles. The van der Waals surface area contributed by atoms with Crippen LogP contribution in [-0.4, -0.2) is 31.4 Å². The van der Waals surface area contributed by atoms with Gasteiger partial charge in [-0.05, 0) is 6.07 Å². The summed E-state index contributed by atoms with van der Waals surface area (Å²) in [5.41, 5.74) is 1.27. The minimum atomic E-state index is -4.69. The van der Waals surface area contributed by atoms with Crippen molar-refractivity contribution in [3.8, 4) is 0 Å². The fraction of sp³-hybridized carbons (Fsp3) is 0.154. The van der Waals surface area contributed by atoms with E-state index in [4.69, 9.17) is 5.84 Å². The first-order valence-electron chi connectivity index (χ1n) is 6.37. The molecule has 0 spiro atoms. The summed E-state index contributed by atoms with van der Waals surface area (Å²) in [4.78, 5) is 15.2. The quantitative estimate of drug-likeness (QED) is 0.432. The standard InChI is InChI=1S/C13H10F3N5OS/c14-13(15,16)11-19-20-12(21(11)17)23-6-10(22)8-5-18-9-4-2-1-3-7(8)9/h1-5,18H,6,17H2. The predicted octanol–water partition coefficient (Wildman–Crippen LogP) is 2.47. The molecule has 0 amide bonds. The maximum absolute atomic E-state index is 12.6. The van der Waals surface area contributed by atoms with Gasteiger partial charge in [0.05, 0.1) is 5.75 Å². The molecule has 0 saturated carbocycles. The molecule has 6 nitrogen and oxygen atoms in total. The lowest BCUT2D eigenvalue weighted by atomic mass is 10.1. The summed E-state index contributed by atoms with van der Waals surface area (Å²) in [6.07, 6.45) is -3.12. The number of nitrogens with zero attached hydrogens (tertiary/aromatic N) is 3. The molecule has 2 aromatic heterocycles. The van der Waals surface area contributed by atoms with E-state index in [1.165, 1.54) is 0 Å². The van der Waals surface area contributed by atoms with E-state index in [1.54, 1.807) is 18.3 Å². The average molecular weight is 341 g/mol. The Kier molecular flexibility index (Phi) is 3.76. The number of para-hydroxylation sites is 1. The second-order valence-corrected chi connectivity index (χ2v) is 5.58. The fourth-order valence-electron chi connectivity index (χ4n) is 2.08. The Hall–Kier alpha value is -2.49. The summed E-state index contributed by atoms with van der Waals surface area (Å²) in [7, 11) is 0. The lowest BCUT2D eigenvalue weighted by Gasteiger charge is -2.05. The first-order valence-corrected chi connectivity index (χ1v) is 7.36. The summed E-state index contributed by atoms with van der Waals surface area (Å²) >= 11 is 0.800. The van der Waals surface area contributed by atoms with Crippen LogP contribution in [0.4, 0.5) is 13.2 Å². The number of aromatic amines is 1. The Bertz CT molecular complexity index is 870. The zero-order valence-corrected chi connectivity index (χ0v) is 12.3. The lowest BCUT2D eigenvalue weighted by Crippen LogP contribution is -2.21. The van der Waals surface area contributed by atoms with Crippen molar-refractivity contribution >= 4 is 28.4 Å². The third kappa shape index (κ3) is 2.89. The van der Waals surface area contributed by atoms with E-state index >= 15 is 0 Å². The molecule has 0 unspecified atom stereocenters. The zero-order valence-electron chi connectivity index (χ0n) is 11.5. The summed E-state index contributed by atoms with van der Waals surface area (Å²) in [6, 6.07) is 7.24. The van der Waals surface area contributed by atoms with Gasteiger partial charge in [0, 0.05) is 22.7 Å². The number of hydrogen-bond acceptors (Lipinski definition) is 5. The number of aromatic nitrogens is 4. The van der Waals surface area contributed by atoms with Crippen LogP contribution < -0.4 is 5.84 Å². The van der Waals surface area contributed by atoms with Gasteiger partial charge in [0.1, 0.15) is 0 Å². The van der Waals surface area contributed by atoms with Crippen LogP contribution in [0.2, 0.25) is 0 Å². The number of fused-ring (bicyclic) bond motifs is 1. The van der Waals surface area contributed by atoms with Crippen LogP contribution in [0.25, 0.3) is 10.9 Å². The number of Topliss-reactive ketones (excluding diaryl/α,β-unsaturated/α-hetero) is 1. The molecule has 3 rings (SSSR count). The number of ketones is 1. The smallest absolute Gasteiger partial charge is 0.360 e. The van der Waals surface area contributed by atoms with E-state index in [1.807, 2.05) is 12.1 Å². The van der Waals surface area contributed by atoms with E-state index in [-0.39, 0.29) is 16.7 Å². The number of H-pyrrole nitrogens is 1. The SMILES string of the molecule is Nn1c(SCC(=O)c2c[nH]c3ccccc23)nnc1C(F)(F)F. The molecule has 0 atom stereocenters. The van der Waals surface area contributed by atoms with Gasteiger partial charge in [-0.1, -0.05) is 30.0 Å². The van der Waals surface area contributed by atoms with Crippen molar-refractivity contribution in [2.45, 2.75) is 11.3 Å². The number of nitrogen functional groups attached to an aromatic ring is 1. The average Bonchev–Trinajstić information content (AvgIpc) is 3.08. The van der Waals surface area contributed by atoms with Gasteiger partial charge in [-0.3, -0.25) is 4.79 Å². The molecule has 3 N–H and O–H groups in total. The monoisotopic (exact) mass is 341 g/mol. The van der Waals surface area contributed by atoms with Crippen molar-refractivity contribution in [1.29, 1.82) is 0 Å². The second kappa shape index (κ2) is 5.61. The number of nitrogens with one attached hydrogen (secondary N) is 1. The van der Waals surface area contributed by atoms with E-state index in [0.717, 1.165) is 22.7 Å². The van der Waals surface area contributed by atoms with Crippen molar-refractivity contribution in [3.63, 3.8) is 0 Å². The first-order chi connectivity index (χ1) is 10.9. The number of benzene rings is 1. The van der Waals surface area contributed by atoms with Gasteiger partial charge < -0.3 is 10.8 Å². The van der Waals surface area contributed by atoms with E-state index in [9.17, 15) is 18.0 Å². The Morgan fingerprint density at radius 2 is 2.04 bits per heavy atom. The van der Waals surface area contributed by atoms with Crippen LogP contribution in [0.1, 0.15) is 16.2 Å². The largest absolute Gasteiger partial charge is 0.453 e. The van der Waals surface area contributed by atoms with Gasteiger partial charge >= 0.3 is 6.18 Å².